The Balaban J connectivity index is 1.69. The lowest BCUT2D eigenvalue weighted by Crippen LogP contribution is -2.51. The van der Waals surface area contributed by atoms with Gasteiger partial charge in [-0.3, -0.25) is 14.4 Å². The summed E-state index contributed by atoms with van der Waals surface area (Å²) < 4.78 is 42.2. The van der Waals surface area contributed by atoms with Gasteiger partial charge in [0.25, 0.3) is 11.8 Å². The summed E-state index contributed by atoms with van der Waals surface area (Å²) in [6.07, 6.45) is 4.50. The first-order valence-electron chi connectivity index (χ1n) is 9.87. The number of hydrogen-bond acceptors (Lipinski definition) is 4. The van der Waals surface area contributed by atoms with Gasteiger partial charge in [-0.25, -0.2) is 13.2 Å². The number of hydrogen-bond donors (Lipinski definition) is 2. The summed E-state index contributed by atoms with van der Waals surface area (Å²) in [7, 11) is 1.62. The second kappa shape index (κ2) is 7.75. The van der Waals surface area contributed by atoms with Gasteiger partial charge in [0, 0.05) is 37.5 Å². The number of carbonyl (C=O) groups excluding carboxylic acids is 2. The van der Waals surface area contributed by atoms with Crippen LogP contribution in [0.4, 0.5) is 13.2 Å². The molecule has 10 heteroatoms. The van der Waals surface area contributed by atoms with Crippen molar-refractivity contribution in [1.82, 2.24) is 14.8 Å². The predicted molar refractivity (Wildman–Crippen MR) is 103 cm³/mol. The fourth-order valence-corrected chi connectivity index (χ4v) is 4.45. The van der Waals surface area contributed by atoms with Crippen molar-refractivity contribution in [3.63, 3.8) is 0 Å². The van der Waals surface area contributed by atoms with E-state index in [2.05, 4.69) is 5.32 Å². The molecule has 1 aliphatic carbocycles. The van der Waals surface area contributed by atoms with Crippen LogP contribution in [0, 0.1) is 17.5 Å². The number of benzene rings is 1. The van der Waals surface area contributed by atoms with E-state index in [1.54, 1.807) is 7.05 Å². The van der Waals surface area contributed by atoms with Crippen molar-refractivity contribution in [3.8, 4) is 5.75 Å². The number of pyridine rings is 1. The summed E-state index contributed by atoms with van der Waals surface area (Å²) in [5.41, 5.74) is -2.25. The minimum absolute atomic E-state index is 0.131. The minimum Gasteiger partial charge on any atom is -0.503 e. The highest BCUT2D eigenvalue weighted by molar-refractivity contribution is 5.99. The van der Waals surface area contributed by atoms with E-state index >= 15 is 0 Å². The van der Waals surface area contributed by atoms with Gasteiger partial charge >= 0.3 is 0 Å². The van der Waals surface area contributed by atoms with Gasteiger partial charge in [0.05, 0.1) is 12.1 Å². The molecule has 2 N–H and O–H groups in total. The third-order valence-electron chi connectivity index (χ3n) is 6.06. The third-order valence-corrected chi connectivity index (χ3v) is 6.06. The molecular weight excluding hydrogens is 415 g/mol. The number of carbonyl (C=O) groups is 2. The Morgan fingerprint density at radius 2 is 1.74 bits per heavy atom. The highest BCUT2D eigenvalue weighted by Gasteiger charge is 2.41. The SMILES string of the molecule is CN1C(=O)c2c(O)c(=O)c(C(=O)NCc3c(F)cc(F)cc3F)cn2C2CCCCC21. The number of halogens is 3. The molecule has 0 bridgehead atoms. The molecule has 1 fully saturated rings. The van der Waals surface area contributed by atoms with Crippen LogP contribution in [0.3, 0.4) is 0 Å². The highest BCUT2D eigenvalue weighted by Crippen LogP contribution is 2.38. The van der Waals surface area contributed by atoms with E-state index in [-0.39, 0.29) is 17.8 Å². The van der Waals surface area contributed by atoms with Crippen molar-refractivity contribution in [3.05, 3.63) is 62.8 Å². The van der Waals surface area contributed by atoms with Crippen molar-refractivity contribution < 1.29 is 27.9 Å². The van der Waals surface area contributed by atoms with E-state index in [0.717, 1.165) is 19.3 Å². The fraction of sp³-hybridized carbons (Fsp3) is 0.381. The van der Waals surface area contributed by atoms with Gasteiger partial charge in [0.2, 0.25) is 5.43 Å². The van der Waals surface area contributed by atoms with Gasteiger partial charge in [-0.2, -0.15) is 0 Å². The van der Waals surface area contributed by atoms with Crippen molar-refractivity contribution in [2.75, 3.05) is 7.05 Å². The summed E-state index contributed by atoms with van der Waals surface area (Å²) in [5, 5.41) is 12.7. The van der Waals surface area contributed by atoms with Crippen molar-refractivity contribution in [2.24, 2.45) is 0 Å². The molecule has 2 aliphatic rings. The van der Waals surface area contributed by atoms with Gasteiger partial charge in [-0.05, 0) is 12.8 Å². The van der Waals surface area contributed by atoms with Gasteiger partial charge in [-0.1, -0.05) is 12.8 Å². The van der Waals surface area contributed by atoms with Crippen LogP contribution in [-0.2, 0) is 6.54 Å². The Hall–Kier alpha value is -3.30. The van der Waals surface area contributed by atoms with Crippen LogP contribution >= 0.6 is 0 Å². The molecule has 2 unspecified atom stereocenters. The predicted octanol–water partition coefficient (Wildman–Crippen LogP) is 2.47. The number of amides is 2. The molecule has 2 heterocycles. The van der Waals surface area contributed by atoms with Gasteiger partial charge in [-0.15, -0.1) is 0 Å². The minimum atomic E-state index is -1.18. The second-order valence-corrected chi connectivity index (χ2v) is 7.84. The molecule has 2 amide bonds. The molecule has 2 aromatic rings. The first kappa shape index (κ1) is 21.0. The molecule has 4 rings (SSSR count). The van der Waals surface area contributed by atoms with Gasteiger partial charge < -0.3 is 19.9 Å². The topological polar surface area (TPSA) is 91.6 Å². The summed E-state index contributed by atoms with van der Waals surface area (Å²) in [6, 6.07) is 0.621. The monoisotopic (exact) mass is 435 g/mol. The van der Waals surface area contributed by atoms with Crippen LogP contribution in [0.25, 0.3) is 0 Å². The van der Waals surface area contributed by atoms with Crippen LogP contribution in [0.15, 0.2) is 23.1 Å². The zero-order chi connectivity index (χ0) is 22.4. The molecule has 31 heavy (non-hydrogen) atoms. The van der Waals surface area contributed by atoms with Crippen LogP contribution in [-0.4, -0.2) is 39.5 Å². The molecule has 1 aliphatic heterocycles. The molecule has 0 radical (unpaired) electrons. The third kappa shape index (κ3) is 3.45. The van der Waals surface area contributed by atoms with Gasteiger partial charge in [0.15, 0.2) is 11.4 Å². The van der Waals surface area contributed by atoms with E-state index in [0.29, 0.717) is 18.6 Å². The Morgan fingerprint density at radius 3 is 2.39 bits per heavy atom. The molecule has 1 aromatic carbocycles. The normalized spacial score (nSPS) is 20.3. The lowest BCUT2D eigenvalue weighted by atomic mass is 9.86. The molecule has 164 valence electrons. The lowest BCUT2D eigenvalue weighted by molar-refractivity contribution is 0.0507. The number of aromatic hydroxyl groups is 1. The zero-order valence-corrected chi connectivity index (χ0v) is 16.6. The zero-order valence-electron chi connectivity index (χ0n) is 16.6. The molecule has 0 spiro atoms. The fourth-order valence-electron chi connectivity index (χ4n) is 4.45. The van der Waals surface area contributed by atoms with E-state index in [1.807, 2.05) is 0 Å². The Morgan fingerprint density at radius 1 is 1.13 bits per heavy atom. The number of rotatable bonds is 3. The average Bonchev–Trinajstić information content (AvgIpc) is 2.73. The summed E-state index contributed by atoms with van der Waals surface area (Å²) >= 11 is 0. The molecule has 0 saturated heterocycles. The average molecular weight is 435 g/mol. The van der Waals surface area contributed by atoms with Crippen LogP contribution in [0.1, 0.15) is 58.1 Å². The number of likely N-dealkylation sites (N-methyl/N-ethyl adjacent to an activating group) is 1. The maximum absolute atomic E-state index is 13.8. The molecule has 7 nitrogen and oxygen atoms in total. The number of fused-ring (bicyclic) bond motifs is 3. The number of nitrogens with zero attached hydrogens (tertiary/aromatic N) is 2. The second-order valence-electron chi connectivity index (χ2n) is 7.84. The van der Waals surface area contributed by atoms with Crippen LogP contribution < -0.4 is 10.7 Å². The summed E-state index contributed by atoms with van der Waals surface area (Å²) in [5.74, 6) is -5.78. The molecule has 2 atom stereocenters. The summed E-state index contributed by atoms with van der Waals surface area (Å²) in [4.78, 5) is 39.5. The molecule has 1 aromatic heterocycles. The van der Waals surface area contributed by atoms with Gasteiger partial charge in [0.1, 0.15) is 23.0 Å². The van der Waals surface area contributed by atoms with E-state index in [1.165, 1.54) is 15.7 Å². The quantitative estimate of drug-likeness (QED) is 0.775. The molecule has 1 saturated carbocycles. The smallest absolute Gasteiger partial charge is 0.274 e. The number of nitrogens with one attached hydrogen (secondary N) is 1. The maximum atomic E-state index is 13.8. The first-order chi connectivity index (χ1) is 14.7. The van der Waals surface area contributed by atoms with Crippen molar-refractivity contribution in [1.29, 1.82) is 0 Å². The number of aromatic nitrogens is 1. The lowest BCUT2D eigenvalue weighted by Gasteiger charge is -2.44. The standard InChI is InChI=1S/C21H20F3N3O4/c1-26-15-4-2-3-5-16(15)27-9-12(18(28)19(29)17(27)21(26)31)20(30)25-8-11-13(23)6-10(22)7-14(11)24/h6-7,9,15-16,29H,2-5,8H2,1H3,(H,25,30). The van der Waals surface area contributed by atoms with E-state index in [4.69, 9.17) is 0 Å². The largest absolute Gasteiger partial charge is 0.503 e. The van der Waals surface area contributed by atoms with Crippen LogP contribution in [0.5, 0.6) is 5.75 Å². The Bertz CT molecular complexity index is 1120. The molecular formula is C21H20F3N3O4. The first-order valence-corrected chi connectivity index (χ1v) is 9.87. The van der Waals surface area contributed by atoms with Crippen molar-refractivity contribution >= 4 is 11.8 Å². The van der Waals surface area contributed by atoms with E-state index < -0.39 is 58.1 Å². The van der Waals surface area contributed by atoms with Crippen LogP contribution in [0.2, 0.25) is 0 Å². The Labute approximate surface area is 175 Å². The maximum Gasteiger partial charge on any atom is 0.274 e. The summed E-state index contributed by atoms with van der Waals surface area (Å²) in [6.45, 7) is -0.632. The van der Waals surface area contributed by atoms with E-state index in [9.17, 15) is 32.7 Å². The van der Waals surface area contributed by atoms with Crippen molar-refractivity contribution in [2.45, 2.75) is 44.3 Å². The highest BCUT2D eigenvalue weighted by atomic mass is 19.1. The Kier molecular flexibility index (Phi) is 5.24.